The fourth-order valence-electron chi connectivity index (χ4n) is 10.2. The van der Waals surface area contributed by atoms with E-state index in [-0.39, 0.29) is 50.2 Å². The first-order valence-corrected chi connectivity index (χ1v) is 24.6. The van der Waals surface area contributed by atoms with Crippen molar-refractivity contribution in [1.29, 1.82) is 0 Å². The van der Waals surface area contributed by atoms with Gasteiger partial charge in [-0.15, -0.1) is 0 Å². The van der Waals surface area contributed by atoms with Gasteiger partial charge in [0.1, 0.15) is 23.2 Å². The van der Waals surface area contributed by atoms with Gasteiger partial charge in [-0.3, -0.25) is 9.59 Å². The number of hydrogen-bond acceptors (Lipinski definition) is 14. The zero-order chi connectivity index (χ0) is 48.2. The van der Waals surface area contributed by atoms with Crippen LogP contribution in [0.1, 0.15) is 97.9 Å². The van der Waals surface area contributed by atoms with Crippen LogP contribution in [0.2, 0.25) is 0 Å². The summed E-state index contributed by atoms with van der Waals surface area (Å²) in [6.07, 6.45) is 9.06. The summed E-state index contributed by atoms with van der Waals surface area (Å²) in [6, 6.07) is 0. The predicted octanol–water partition coefficient (Wildman–Crippen LogP) is 4.57. The molecule has 0 aliphatic carbocycles. The van der Waals surface area contributed by atoms with Crippen molar-refractivity contribution in [3.8, 4) is 0 Å². The largest absolute Gasteiger partial charge is 0.396 e. The van der Waals surface area contributed by atoms with Crippen LogP contribution in [0.3, 0.4) is 0 Å². The Labute approximate surface area is 427 Å². The molecule has 17 heteroatoms. The van der Waals surface area contributed by atoms with Gasteiger partial charge in [-0.2, -0.15) is 26.1 Å². The van der Waals surface area contributed by atoms with E-state index in [1.54, 1.807) is 0 Å². The maximum atomic E-state index is 11.2. The van der Waals surface area contributed by atoms with E-state index in [0.717, 1.165) is 111 Å². The van der Waals surface area contributed by atoms with Crippen LogP contribution in [0.15, 0.2) is 0 Å². The molecule has 5 fully saturated rings. The van der Waals surface area contributed by atoms with E-state index in [0.29, 0.717) is 24.4 Å². The van der Waals surface area contributed by atoms with E-state index in [1.807, 2.05) is 22.9 Å². The van der Waals surface area contributed by atoms with E-state index in [9.17, 15) is 9.59 Å². The van der Waals surface area contributed by atoms with Gasteiger partial charge >= 0.3 is 0 Å². The minimum Gasteiger partial charge on any atom is -0.396 e. The van der Waals surface area contributed by atoms with Crippen molar-refractivity contribution in [3.05, 3.63) is 52.5 Å². The molecule has 5 atom stereocenters. The summed E-state index contributed by atoms with van der Waals surface area (Å²) in [6.45, 7) is 31.0. The van der Waals surface area contributed by atoms with Crippen molar-refractivity contribution >= 4 is 23.1 Å². The Hall–Kier alpha value is -2.70. The van der Waals surface area contributed by atoms with Gasteiger partial charge in [0.25, 0.3) is 11.6 Å². The zero-order valence-electron chi connectivity index (χ0n) is 43.3. The molecule has 4 aromatic heterocycles. The first-order valence-electron chi connectivity index (χ1n) is 24.6. The number of aliphatic hydroxyl groups excluding tert-OH is 1. The molecule has 16 nitrogen and oxygen atoms in total. The van der Waals surface area contributed by atoms with Crippen LogP contribution in [0, 0.1) is 84.0 Å². The average Bonchev–Trinajstić information content (AvgIpc) is 4.13. The van der Waals surface area contributed by atoms with Crippen molar-refractivity contribution in [2.75, 3.05) is 100 Å². The number of likely N-dealkylation sites (tertiary alicyclic amines) is 4. The number of aliphatic hydroxyl groups is 1. The molecule has 5 aliphatic rings. The minimum absolute atomic E-state index is 0. The summed E-state index contributed by atoms with van der Waals surface area (Å²) in [5.41, 5.74) is 7.26. The van der Waals surface area contributed by atoms with Gasteiger partial charge in [0.2, 0.25) is 0 Å². The summed E-state index contributed by atoms with van der Waals surface area (Å²) in [5.74, 6) is 5.94. The second-order valence-corrected chi connectivity index (χ2v) is 20.4. The van der Waals surface area contributed by atoms with E-state index in [4.69, 9.17) is 5.11 Å². The first kappa shape index (κ1) is 56.9. The van der Waals surface area contributed by atoms with Gasteiger partial charge < -0.3 is 36.9 Å². The summed E-state index contributed by atoms with van der Waals surface area (Å²) < 4.78 is 3.76. The molecule has 0 saturated carbocycles. The number of aromatic nitrogens is 8. The fraction of sp³-hybridized carbons (Fsp3) is 0.740. The van der Waals surface area contributed by atoms with Gasteiger partial charge in [-0.1, -0.05) is 6.42 Å². The normalized spacial score (nSPS) is 23.3. The van der Waals surface area contributed by atoms with Gasteiger partial charge in [0.15, 0.2) is 0 Å². The molecule has 1 radical (unpaired) electrons. The Bertz CT molecular complexity index is 2170. The maximum absolute atomic E-state index is 11.2. The third kappa shape index (κ3) is 17.0. The Kier molecular flexibility index (Phi) is 23.0. The van der Waals surface area contributed by atoms with Crippen LogP contribution >= 0.6 is 0 Å². The topological polar surface area (TPSA) is 166 Å². The van der Waals surface area contributed by atoms with Gasteiger partial charge in [0, 0.05) is 81.7 Å². The molecule has 0 amide bonds. The van der Waals surface area contributed by atoms with Gasteiger partial charge in [-0.25, -0.2) is 19.0 Å². The molecular formula is C50H84N13O3Y-. The van der Waals surface area contributed by atoms with Crippen molar-refractivity contribution in [3.63, 3.8) is 0 Å². The Morgan fingerprint density at radius 3 is 1.40 bits per heavy atom. The van der Waals surface area contributed by atoms with Crippen LogP contribution in [-0.2, 0) is 55.1 Å². The standard InChI is InChI=1S/C14H21N5.C13H19N5.C11H19NO2.C6H13NO.C6H12N.Y/c1-9-13(7-12-5-6-18(4)8-12)10(2)19-14(15-9)16-11(3)17-19;1-8-12(6-11-4-5-14-7-11)9(2)18-13(15-8)16-10(3)17-18;1-8(13)11(9(2)14)6-10-4-5-12(3)7-10;1-7-3-2-6(4-7)5-8;1-6-3-4-7(2)5-6;/h12H,5-8H2,1-4H3;11,14H,4-7H2,1-3H3;10-11H,4-7H2,1-3H3;6,8H,2-5H2,1H3;6H,1,3-5H2,2H3;/q;;;;-1;. The molecule has 0 spiro atoms. The fourth-order valence-corrected chi connectivity index (χ4v) is 10.2. The molecule has 2 N–H and O–H groups in total. The van der Waals surface area contributed by atoms with Gasteiger partial charge in [0.05, 0.1) is 5.92 Å². The maximum Gasteiger partial charge on any atom is 0.252 e. The summed E-state index contributed by atoms with van der Waals surface area (Å²) >= 11 is 0. The molecule has 5 saturated heterocycles. The second kappa shape index (κ2) is 27.1. The predicted molar refractivity (Wildman–Crippen MR) is 263 cm³/mol. The van der Waals surface area contributed by atoms with Crippen LogP contribution < -0.4 is 5.32 Å². The van der Waals surface area contributed by atoms with Crippen molar-refractivity contribution in [1.82, 2.24) is 64.1 Å². The Balaban J connectivity index is 0.000000191. The SMILES string of the molecule is CC(=O)C(CC1CCN(C)C1)C(C)=O.CN1CCC(CO)C1.Cc1nc2nc(C)c(CC3CCN(C)C3)c(C)n2n1.Cc1nc2nc(C)c(CC3CCNC3)c(C)n2n1.[CH2-]C1CCN(C)C1.[Y]. The average molecular weight is 1000 g/mol. The van der Waals surface area contributed by atoms with E-state index in [1.165, 1.54) is 88.2 Å². The molecule has 5 aliphatic heterocycles. The summed E-state index contributed by atoms with van der Waals surface area (Å²) in [5, 5.41) is 20.9. The number of carbonyl (C=O) groups is 2. The molecule has 9 heterocycles. The monoisotopic (exact) mass is 1000 g/mol. The van der Waals surface area contributed by atoms with Crippen molar-refractivity contribution in [2.45, 2.75) is 107 Å². The zero-order valence-corrected chi connectivity index (χ0v) is 46.2. The van der Waals surface area contributed by atoms with Crippen LogP contribution in [0.5, 0.6) is 0 Å². The molecule has 0 aromatic carbocycles. The van der Waals surface area contributed by atoms with E-state index < -0.39 is 0 Å². The number of fused-ring (bicyclic) bond motifs is 2. The van der Waals surface area contributed by atoms with E-state index >= 15 is 0 Å². The number of Topliss-reactive ketones (excluding diaryl/α,β-unsaturated/α-hetero) is 2. The summed E-state index contributed by atoms with van der Waals surface area (Å²) in [7, 11) is 8.51. The molecule has 371 valence electrons. The number of nitrogens with one attached hydrogen (secondary N) is 1. The Morgan fingerprint density at radius 2 is 1.06 bits per heavy atom. The van der Waals surface area contributed by atoms with Crippen LogP contribution in [0.4, 0.5) is 0 Å². The molecule has 4 aromatic rings. The van der Waals surface area contributed by atoms with E-state index in [2.05, 4.69) is 118 Å². The number of ketones is 2. The molecule has 67 heavy (non-hydrogen) atoms. The quantitative estimate of drug-likeness (QED) is 0.177. The summed E-state index contributed by atoms with van der Waals surface area (Å²) in [4.78, 5) is 49.5. The smallest absolute Gasteiger partial charge is 0.252 e. The number of aryl methyl sites for hydroxylation is 6. The third-order valence-corrected chi connectivity index (χ3v) is 14.2. The van der Waals surface area contributed by atoms with Gasteiger partial charge in [-0.05, 0) is 209 Å². The second-order valence-electron chi connectivity index (χ2n) is 20.4. The van der Waals surface area contributed by atoms with Crippen molar-refractivity contribution in [2.24, 2.45) is 35.5 Å². The molecular weight excluding hydrogens is 920 g/mol. The Morgan fingerprint density at radius 1 is 0.627 bits per heavy atom. The number of nitrogens with zero attached hydrogens (tertiary/aromatic N) is 12. The number of hydrogen-bond donors (Lipinski definition) is 2. The minimum atomic E-state index is -0.355. The third-order valence-electron chi connectivity index (χ3n) is 14.2. The molecule has 0 bridgehead atoms. The first-order chi connectivity index (χ1) is 31.3. The van der Waals surface area contributed by atoms with Crippen LogP contribution in [0.25, 0.3) is 11.6 Å². The van der Waals surface area contributed by atoms with Crippen LogP contribution in [-0.4, -0.2) is 176 Å². The molecule has 5 unspecified atom stereocenters. The number of rotatable bonds is 9. The molecule has 9 rings (SSSR count). The van der Waals surface area contributed by atoms with Crippen molar-refractivity contribution < 1.29 is 47.4 Å². The number of carbonyl (C=O) groups excluding carboxylic acids is 2.